The Balaban J connectivity index is 0.00000574. The molecule has 6 aromatic carbocycles. The Labute approximate surface area is 435 Å². The minimum absolute atomic E-state index is 0. The topological polar surface area (TPSA) is 115 Å². The number of carbonyl (C=O) groups excluding carboxylic acids is 1. The van der Waals surface area contributed by atoms with Gasteiger partial charge in [-0.1, -0.05) is 119 Å². The smallest absolute Gasteiger partial charge is 0.216 e. The van der Waals surface area contributed by atoms with Crippen molar-refractivity contribution in [3.05, 3.63) is 217 Å². The monoisotopic (exact) mass is 1130 g/mol. The van der Waals surface area contributed by atoms with Gasteiger partial charge in [-0.05, 0) is 142 Å². The Hall–Kier alpha value is -8.62. The minimum Gasteiger partial charge on any atom is -0.512 e. The fourth-order valence-corrected chi connectivity index (χ4v) is 9.86. The summed E-state index contributed by atoms with van der Waals surface area (Å²) in [5, 5.41) is 13.7. The largest absolute Gasteiger partial charge is 0.512 e. The van der Waals surface area contributed by atoms with E-state index in [0.29, 0.717) is 29.0 Å². The van der Waals surface area contributed by atoms with E-state index < -0.39 is 0 Å². The number of ketones is 1. The van der Waals surface area contributed by atoms with Gasteiger partial charge in [-0.3, -0.25) is 4.79 Å². The summed E-state index contributed by atoms with van der Waals surface area (Å²) in [6.07, 6.45) is 5.90. The number of benzene rings is 6. The Kier molecular flexibility index (Phi) is 12.5. The number of pyridine rings is 4. The van der Waals surface area contributed by atoms with E-state index in [0.717, 1.165) is 117 Å². The number of allylic oxidation sites excluding steroid dienone is 2. The first-order valence-electron chi connectivity index (χ1n) is 23.9. The van der Waals surface area contributed by atoms with Crippen molar-refractivity contribution in [2.24, 2.45) is 0 Å². The van der Waals surface area contributed by atoms with E-state index in [4.69, 9.17) is 18.8 Å². The normalized spacial score (nSPS) is 11.7. The third kappa shape index (κ3) is 8.95. The van der Waals surface area contributed by atoms with Crippen LogP contribution in [0.25, 0.3) is 122 Å². The van der Waals surface area contributed by atoms with Gasteiger partial charge in [0.2, 0.25) is 11.4 Å². The summed E-state index contributed by atoms with van der Waals surface area (Å²) in [4.78, 5) is 32.2. The van der Waals surface area contributed by atoms with Crippen LogP contribution in [0.5, 0.6) is 0 Å². The van der Waals surface area contributed by atoms with Crippen molar-refractivity contribution in [2.75, 3.05) is 0 Å². The molecule has 0 aliphatic heterocycles. The first-order valence-corrected chi connectivity index (χ1v) is 23.9. The molecule has 0 saturated heterocycles. The van der Waals surface area contributed by atoms with Gasteiger partial charge in [0.25, 0.3) is 0 Å². The number of aliphatic hydroxyl groups excluding tert-OH is 1. The summed E-state index contributed by atoms with van der Waals surface area (Å²) >= 11 is 0. The molecule has 0 unspecified atom stereocenters. The summed E-state index contributed by atoms with van der Waals surface area (Å²) in [6, 6.07) is 62.8. The summed E-state index contributed by atoms with van der Waals surface area (Å²) < 4.78 is 12.6. The molecule has 8 nitrogen and oxygen atoms in total. The molecule has 1 radical (unpaired) electrons. The Morgan fingerprint density at radius 1 is 0.534 bits per heavy atom. The van der Waals surface area contributed by atoms with Gasteiger partial charge >= 0.3 is 0 Å². The third-order valence-corrected chi connectivity index (χ3v) is 13.3. The minimum atomic E-state index is -0.125. The second kappa shape index (κ2) is 19.5. The van der Waals surface area contributed by atoms with Crippen LogP contribution in [0.15, 0.2) is 197 Å². The molecule has 1 N–H and O–H groups in total. The van der Waals surface area contributed by atoms with Crippen LogP contribution in [0.3, 0.4) is 0 Å². The van der Waals surface area contributed by atoms with Crippen LogP contribution in [0, 0.1) is 26.0 Å². The van der Waals surface area contributed by atoms with Crippen molar-refractivity contribution in [3.8, 4) is 78.1 Å². The van der Waals surface area contributed by atoms with E-state index in [1.165, 1.54) is 13.0 Å². The molecule has 0 spiro atoms. The Morgan fingerprint density at radius 2 is 0.973 bits per heavy atom. The van der Waals surface area contributed by atoms with Crippen LogP contribution in [-0.4, -0.2) is 30.8 Å². The maximum Gasteiger partial charge on any atom is 0.216 e. The van der Waals surface area contributed by atoms with Crippen molar-refractivity contribution < 1.29 is 38.8 Å². The summed E-state index contributed by atoms with van der Waals surface area (Å²) in [6.45, 7) is 5.43. The fraction of sp³-hybridized carbons (Fsp3) is 0.0781. The maximum atomic E-state index is 12.8. The van der Waals surface area contributed by atoms with Crippen LogP contribution in [0.4, 0.5) is 0 Å². The molecule has 73 heavy (non-hydrogen) atoms. The maximum absolute atomic E-state index is 12.8. The number of hydrogen-bond acceptors (Lipinski definition) is 8. The van der Waals surface area contributed by atoms with E-state index in [1.54, 1.807) is 0 Å². The number of fused-ring (bicyclic) bond motifs is 6. The molecule has 0 bridgehead atoms. The SMILES string of the molecule is C/C(O)=C/C(=O)CCc1ccccc1-c1cc(-c2ccccc2-c2ccc(-c3[c-]ccc4c3oc3nc(C)ccc34)nc2)cc(-c2ccccc2-c2ccc(-c3[c-]ccc4c3oc3nc(C)ccc34)nc2)c1.[Ir]. The molecule has 6 heterocycles. The van der Waals surface area contributed by atoms with Crippen LogP contribution in [-0.2, 0) is 31.3 Å². The number of aryl methyl sites for hydroxylation is 3. The molecular weight excluding hydrogens is 1080 g/mol. The summed E-state index contributed by atoms with van der Waals surface area (Å²) in [5.41, 5.74) is 18.5. The zero-order chi connectivity index (χ0) is 48.9. The number of rotatable bonds is 11. The van der Waals surface area contributed by atoms with Gasteiger partial charge in [0, 0.05) is 67.2 Å². The van der Waals surface area contributed by atoms with E-state index in [-0.39, 0.29) is 38.1 Å². The zero-order valence-corrected chi connectivity index (χ0v) is 42.4. The molecule has 0 atom stereocenters. The molecule has 9 heteroatoms. The van der Waals surface area contributed by atoms with Crippen molar-refractivity contribution >= 4 is 49.9 Å². The van der Waals surface area contributed by atoms with E-state index in [2.05, 4.69) is 125 Å². The molecule has 12 aromatic rings. The molecule has 0 fully saturated rings. The standard InChI is InChI=1S/C64H44N4O4.Ir/c1-38-22-28-55-53-18-10-20-57(61(53)71-63(55)67-38)59-30-25-42(36-65-59)49-14-6-8-16-51(49)45-33-44(48-13-5-4-12-41(48)24-27-47(70)32-40(3)69)34-46(35-45)52-17-9-7-15-50(52)43-26-31-60(66-37-43)58-21-11-19-54-56-29-23-39(2)68-64(56)72-62(54)58;/h4-19,22-23,25-26,28-37,69H,24,27H2,1-3H3;/q-2;/b40-32-;. The first kappa shape index (κ1) is 46.7. The number of nitrogens with zero attached hydrogens (tertiary/aromatic N) is 4. The zero-order valence-electron chi connectivity index (χ0n) is 40.0. The molecule has 0 saturated carbocycles. The Bertz CT molecular complexity index is 3890. The van der Waals surface area contributed by atoms with E-state index >= 15 is 0 Å². The molecule has 0 aliphatic rings. The van der Waals surface area contributed by atoms with Gasteiger partial charge in [0.05, 0.1) is 16.9 Å². The number of carbonyl (C=O) groups is 1. The predicted octanol–water partition coefficient (Wildman–Crippen LogP) is 15.9. The van der Waals surface area contributed by atoms with Crippen LogP contribution >= 0.6 is 0 Å². The van der Waals surface area contributed by atoms with Gasteiger partial charge < -0.3 is 23.9 Å². The van der Waals surface area contributed by atoms with Gasteiger partial charge in [0.15, 0.2) is 5.78 Å². The molecule has 12 rings (SSSR count). The number of hydrogen-bond donors (Lipinski definition) is 1. The van der Waals surface area contributed by atoms with Crippen LogP contribution in [0.1, 0.15) is 30.3 Å². The quantitative estimate of drug-likeness (QED) is 0.0774. The predicted molar refractivity (Wildman–Crippen MR) is 287 cm³/mol. The van der Waals surface area contributed by atoms with Gasteiger partial charge in [0.1, 0.15) is 0 Å². The fourth-order valence-electron chi connectivity index (χ4n) is 9.86. The van der Waals surface area contributed by atoms with Crippen LogP contribution < -0.4 is 0 Å². The third-order valence-electron chi connectivity index (χ3n) is 13.3. The van der Waals surface area contributed by atoms with Gasteiger partial charge in [-0.25, -0.2) is 9.97 Å². The molecule has 6 aromatic heterocycles. The first-order chi connectivity index (χ1) is 35.2. The summed E-state index contributed by atoms with van der Waals surface area (Å²) in [7, 11) is 0. The van der Waals surface area contributed by atoms with E-state index in [9.17, 15) is 9.90 Å². The van der Waals surface area contributed by atoms with Crippen molar-refractivity contribution in [3.63, 3.8) is 0 Å². The molecule has 0 aliphatic carbocycles. The number of aliphatic hydroxyl groups is 1. The number of furan rings is 2. The van der Waals surface area contributed by atoms with Crippen molar-refractivity contribution in [2.45, 2.75) is 33.6 Å². The number of aromatic nitrogens is 4. The van der Waals surface area contributed by atoms with Gasteiger partial charge in [-0.15, -0.1) is 36.4 Å². The molecule has 0 amide bonds. The average Bonchev–Trinajstić information content (AvgIpc) is 3.98. The van der Waals surface area contributed by atoms with Crippen molar-refractivity contribution in [1.82, 2.24) is 19.9 Å². The average molecular weight is 1130 g/mol. The van der Waals surface area contributed by atoms with E-state index in [1.807, 2.05) is 86.9 Å². The van der Waals surface area contributed by atoms with Crippen LogP contribution in [0.2, 0.25) is 0 Å². The van der Waals surface area contributed by atoms with Crippen molar-refractivity contribution in [1.29, 1.82) is 0 Å². The second-order valence-electron chi connectivity index (χ2n) is 18.2. The molecular formula is C64H44IrN4O4-2. The second-order valence-corrected chi connectivity index (χ2v) is 18.2. The Morgan fingerprint density at radius 3 is 1.42 bits per heavy atom. The molecule has 355 valence electrons. The summed E-state index contributed by atoms with van der Waals surface area (Å²) in [5.74, 6) is -0.124. The van der Waals surface area contributed by atoms with Gasteiger partial charge in [-0.2, -0.15) is 0 Å².